The molecule has 0 aliphatic carbocycles. The smallest absolute Gasteiger partial charge is 0.295 e. The minimum absolute atomic E-state index is 0.0980. The number of nitro benzene ring substituents is 1. The molecular formula is C24H23N5O5S2. The largest absolute Gasteiger partial charge is 0.379 e. The molecule has 0 atom stereocenters. The lowest BCUT2D eigenvalue weighted by molar-refractivity contribution is -0.384. The summed E-state index contributed by atoms with van der Waals surface area (Å²) in [6, 6.07) is 17.8. The Bertz CT molecular complexity index is 1470. The van der Waals surface area contributed by atoms with Gasteiger partial charge in [-0.1, -0.05) is 30.0 Å². The van der Waals surface area contributed by atoms with E-state index in [2.05, 4.69) is 21.9 Å². The molecule has 2 aliphatic rings. The second-order valence-electron chi connectivity index (χ2n) is 8.20. The first-order valence-electron chi connectivity index (χ1n) is 11.2. The number of morpholine rings is 1. The SMILES string of the molecule is C/C(=N/Nc1ccc(S(=O)(=O)N2CCOCC2)cc1[N+](=O)[O-])c1ccc2c(c1)Nc1ccccc1S2. The van der Waals surface area contributed by atoms with Crippen molar-refractivity contribution in [3.63, 3.8) is 0 Å². The van der Waals surface area contributed by atoms with E-state index in [9.17, 15) is 18.5 Å². The third-order valence-corrected chi connectivity index (χ3v) is 8.94. The van der Waals surface area contributed by atoms with Crippen LogP contribution in [-0.2, 0) is 14.8 Å². The number of ether oxygens (including phenoxy) is 1. The lowest BCUT2D eigenvalue weighted by Crippen LogP contribution is -2.40. The molecule has 0 aromatic heterocycles. The van der Waals surface area contributed by atoms with E-state index in [0.717, 1.165) is 32.8 Å². The first kappa shape index (κ1) is 24.3. The van der Waals surface area contributed by atoms with Crippen LogP contribution < -0.4 is 10.7 Å². The molecule has 1 fully saturated rings. The summed E-state index contributed by atoms with van der Waals surface area (Å²) in [7, 11) is -3.86. The van der Waals surface area contributed by atoms with E-state index in [1.807, 2.05) is 36.4 Å². The fourth-order valence-corrected chi connectivity index (χ4v) is 6.32. The summed E-state index contributed by atoms with van der Waals surface area (Å²) in [6.45, 7) is 2.79. The van der Waals surface area contributed by atoms with Crippen molar-refractivity contribution < 1.29 is 18.1 Å². The van der Waals surface area contributed by atoms with E-state index >= 15 is 0 Å². The second-order valence-corrected chi connectivity index (χ2v) is 11.2. The van der Waals surface area contributed by atoms with Crippen LogP contribution in [0.1, 0.15) is 12.5 Å². The van der Waals surface area contributed by atoms with Gasteiger partial charge in [-0.15, -0.1) is 0 Å². The molecule has 0 amide bonds. The third-order valence-electron chi connectivity index (χ3n) is 5.89. The molecule has 186 valence electrons. The molecule has 0 bridgehead atoms. The number of para-hydroxylation sites is 1. The number of hydrazone groups is 1. The van der Waals surface area contributed by atoms with Crippen molar-refractivity contribution in [3.05, 3.63) is 76.3 Å². The molecule has 3 aromatic carbocycles. The number of fused-ring (bicyclic) bond motifs is 2. The first-order valence-corrected chi connectivity index (χ1v) is 13.4. The average Bonchev–Trinajstić information content (AvgIpc) is 2.90. The van der Waals surface area contributed by atoms with Gasteiger partial charge in [0.25, 0.3) is 5.69 Å². The van der Waals surface area contributed by atoms with Crippen molar-refractivity contribution in [2.24, 2.45) is 5.10 Å². The molecule has 0 saturated carbocycles. The molecule has 2 heterocycles. The van der Waals surface area contributed by atoms with Gasteiger partial charge in [0.2, 0.25) is 10.0 Å². The predicted octanol–water partition coefficient (Wildman–Crippen LogP) is 4.66. The van der Waals surface area contributed by atoms with Gasteiger partial charge in [-0.05, 0) is 48.9 Å². The van der Waals surface area contributed by atoms with Crippen LogP contribution in [0.2, 0.25) is 0 Å². The molecule has 2 aliphatic heterocycles. The van der Waals surface area contributed by atoms with Gasteiger partial charge in [0.05, 0.1) is 40.1 Å². The van der Waals surface area contributed by atoms with Gasteiger partial charge >= 0.3 is 0 Å². The van der Waals surface area contributed by atoms with Gasteiger partial charge in [-0.2, -0.15) is 9.41 Å². The van der Waals surface area contributed by atoms with E-state index in [1.165, 1.54) is 16.4 Å². The van der Waals surface area contributed by atoms with Crippen molar-refractivity contribution in [2.45, 2.75) is 21.6 Å². The summed E-state index contributed by atoms with van der Waals surface area (Å²) < 4.78 is 32.3. The number of hydrogen-bond donors (Lipinski definition) is 2. The Morgan fingerprint density at radius 1 is 1.08 bits per heavy atom. The summed E-state index contributed by atoms with van der Waals surface area (Å²) in [4.78, 5) is 13.2. The number of nitro groups is 1. The summed E-state index contributed by atoms with van der Waals surface area (Å²) in [5, 5.41) is 19.5. The molecule has 0 radical (unpaired) electrons. The fourth-order valence-electron chi connectivity index (χ4n) is 3.93. The molecule has 36 heavy (non-hydrogen) atoms. The zero-order chi connectivity index (χ0) is 25.3. The Morgan fingerprint density at radius 2 is 1.83 bits per heavy atom. The van der Waals surface area contributed by atoms with Crippen LogP contribution in [0.15, 0.2) is 80.5 Å². The molecule has 1 saturated heterocycles. The molecule has 12 heteroatoms. The molecular weight excluding hydrogens is 502 g/mol. The maximum atomic E-state index is 12.9. The fraction of sp³-hybridized carbons (Fsp3) is 0.208. The number of benzene rings is 3. The molecule has 0 unspecified atom stereocenters. The van der Waals surface area contributed by atoms with Crippen molar-refractivity contribution in [2.75, 3.05) is 37.0 Å². The van der Waals surface area contributed by atoms with Crippen LogP contribution in [0.5, 0.6) is 0 Å². The highest BCUT2D eigenvalue weighted by atomic mass is 32.2. The Morgan fingerprint density at radius 3 is 2.61 bits per heavy atom. The minimum atomic E-state index is -3.86. The Labute approximate surface area is 212 Å². The minimum Gasteiger partial charge on any atom is -0.379 e. The van der Waals surface area contributed by atoms with E-state index in [4.69, 9.17) is 4.74 Å². The van der Waals surface area contributed by atoms with Crippen molar-refractivity contribution in [1.82, 2.24) is 4.31 Å². The van der Waals surface area contributed by atoms with Crippen molar-refractivity contribution in [3.8, 4) is 0 Å². The van der Waals surface area contributed by atoms with E-state index < -0.39 is 14.9 Å². The standard InChI is InChI=1S/C24H23N5O5S2/c1-16(17-6-9-24-21(14-17)25-20-4-2-3-5-23(20)35-24)26-27-19-8-7-18(15-22(19)29(30)31)36(32,33)28-10-12-34-13-11-28/h2-9,14-15,25,27H,10-13H2,1H3/b26-16-. The number of rotatable bonds is 6. The summed E-state index contributed by atoms with van der Waals surface area (Å²) in [5.74, 6) is 0. The zero-order valence-electron chi connectivity index (χ0n) is 19.3. The highest BCUT2D eigenvalue weighted by molar-refractivity contribution is 7.99. The normalized spacial score (nSPS) is 16.0. The highest BCUT2D eigenvalue weighted by Gasteiger charge is 2.29. The molecule has 3 aromatic rings. The maximum Gasteiger partial charge on any atom is 0.295 e. The highest BCUT2D eigenvalue weighted by Crippen LogP contribution is 2.44. The average molecular weight is 526 g/mol. The van der Waals surface area contributed by atoms with Gasteiger partial charge in [-0.25, -0.2) is 8.42 Å². The van der Waals surface area contributed by atoms with Gasteiger partial charge in [-0.3, -0.25) is 15.5 Å². The quantitative estimate of drug-likeness (QED) is 0.211. The molecule has 10 nitrogen and oxygen atoms in total. The molecule has 0 spiro atoms. The van der Waals surface area contributed by atoms with Crippen LogP contribution in [0.4, 0.5) is 22.7 Å². The van der Waals surface area contributed by atoms with Crippen LogP contribution in [0.3, 0.4) is 0 Å². The monoisotopic (exact) mass is 525 g/mol. The Kier molecular flexibility index (Phi) is 6.67. The van der Waals surface area contributed by atoms with Crippen LogP contribution in [-0.4, -0.2) is 49.7 Å². The van der Waals surface area contributed by atoms with Crippen LogP contribution in [0, 0.1) is 10.1 Å². The summed E-state index contributed by atoms with van der Waals surface area (Å²) in [5.41, 5.74) is 5.90. The van der Waals surface area contributed by atoms with E-state index in [-0.39, 0.29) is 29.4 Å². The third kappa shape index (κ3) is 4.80. The molecule has 5 rings (SSSR count). The lowest BCUT2D eigenvalue weighted by Gasteiger charge is -2.26. The van der Waals surface area contributed by atoms with Crippen molar-refractivity contribution >= 4 is 50.2 Å². The lowest BCUT2D eigenvalue weighted by atomic mass is 10.1. The second kappa shape index (κ2) is 9.90. The van der Waals surface area contributed by atoms with Crippen LogP contribution >= 0.6 is 11.8 Å². The number of anilines is 3. The van der Waals surface area contributed by atoms with Gasteiger partial charge < -0.3 is 10.1 Å². The summed E-state index contributed by atoms with van der Waals surface area (Å²) in [6.07, 6.45) is 0. The van der Waals surface area contributed by atoms with E-state index in [1.54, 1.807) is 18.7 Å². The number of nitrogens with zero attached hydrogens (tertiary/aromatic N) is 3. The molecule has 2 N–H and O–H groups in total. The van der Waals surface area contributed by atoms with Gasteiger partial charge in [0.1, 0.15) is 5.69 Å². The van der Waals surface area contributed by atoms with Gasteiger partial charge in [0, 0.05) is 28.9 Å². The summed E-state index contributed by atoms with van der Waals surface area (Å²) >= 11 is 1.68. The van der Waals surface area contributed by atoms with Gasteiger partial charge in [0.15, 0.2) is 0 Å². The first-order chi connectivity index (χ1) is 17.3. The number of sulfonamides is 1. The zero-order valence-corrected chi connectivity index (χ0v) is 20.9. The Balaban J connectivity index is 1.37. The predicted molar refractivity (Wildman–Crippen MR) is 139 cm³/mol. The number of hydrogen-bond acceptors (Lipinski definition) is 9. The van der Waals surface area contributed by atoms with Crippen LogP contribution in [0.25, 0.3) is 0 Å². The number of nitrogens with one attached hydrogen (secondary N) is 2. The van der Waals surface area contributed by atoms with Crippen molar-refractivity contribution in [1.29, 1.82) is 0 Å². The van der Waals surface area contributed by atoms with E-state index in [0.29, 0.717) is 18.9 Å². The topological polar surface area (TPSA) is 126 Å². The maximum absolute atomic E-state index is 12.9. The Hall–Kier alpha value is -3.45.